The lowest BCUT2D eigenvalue weighted by atomic mass is 9.99. The number of nitrogens with zero attached hydrogens (tertiary/aromatic N) is 1. The van der Waals surface area contributed by atoms with Crippen LogP contribution in [0.2, 0.25) is 0 Å². The number of rotatable bonds is 10. The van der Waals surface area contributed by atoms with Gasteiger partial charge in [-0.2, -0.15) is 0 Å². The van der Waals surface area contributed by atoms with Gasteiger partial charge in [-0.25, -0.2) is 4.79 Å². The van der Waals surface area contributed by atoms with Crippen LogP contribution in [0.1, 0.15) is 53.4 Å². The molecular weight excluding hydrogens is 364 g/mol. The minimum atomic E-state index is -1.09. The van der Waals surface area contributed by atoms with E-state index in [1.54, 1.807) is 0 Å². The summed E-state index contributed by atoms with van der Waals surface area (Å²) in [7, 11) is 0. The summed E-state index contributed by atoms with van der Waals surface area (Å²) >= 11 is 0. The van der Waals surface area contributed by atoms with Gasteiger partial charge in [0, 0.05) is 6.54 Å². The summed E-state index contributed by atoms with van der Waals surface area (Å²) in [6.07, 6.45) is 2.17. The van der Waals surface area contributed by atoms with Crippen molar-refractivity contribution in [2.45, 2.75) is 71.5 Å². The van der Waals surface area contributed by atoms with E-state index in [9.17, 15) is 24.3 Å². The van der Waals surface area contributed by atoms with Gasteiger partial charge in [-0.3, -0.25) is 14.4 Å². The molecule has 9 heteroatoms. The molecule has 9 nitrogen and oxygen atoms in total. The van der Waals surface area contributed by atoms with Crippen LogP contribution in [-0.2, 0) is 19.2 Å². The summed E-state index contributed by atoms with van der Waals surface area (Å²) in [6.45, 7) is 7.71. The second kappa shape index (κ2) is 11.0. The van der Waals surface area contributed by atoms with Crippen LogP contribution in [0.3, 0.4) is 0 Å². The smallest absolute Gasteiger partial charge is 0.326 e. The van der Waals surface area contributed by atoms with Crippen molar-refractivity contribution in [2.24, 2.45) is 17.6 Å². The number of likely N-dealkylation sites (tertiary alicyclic amines) is 1. The van der Waals surface area contributed by atoms with Crippen LogP contribution in [0.4, 0.5) is 0 Å². The SMILES string of the molecule is CCC(C)C(N)C(=O)NCC(=O)N1CCCC1C(=O)NC(CC(C)C)C(=O)O. The monoisotopic (exact) mass is 398 g/mol. The Morgan fingerprint density at radius 1 is 1.21 bits per heavy atom. The molecule has 0 aromatic rings. The first-order valence-electron chi connectivity index (χ1n) is 9.94. The lowest BCUT2D eigenvalue weighted by Gasteiger charge is -2.26. The van der Waals surface area contributed by atoms with Crippen molar-refractivity contribution in [3.63, 3.8) is 0 Å². The molecule has 0 bridgehead atoms. The van der Waals surface area contributed by atoms with Crippen LogP contribution in [0.25, 0.3) is 0 Å². The molecule has 5 N–H and O–H groups in total. The Balaban J connectivity index is 2.65. The lowest BCUT2D eigenvalue weighted by Crippen LogP contribution is -2.53. The molecule has 160 valence electrons. The molecule has 1 fully saturated rings. The summed E-state index contributed by atoms with van der Waals surface area (Å²) in [6, 6.07) is -2.40. The Morgan fingerprint density at radius 2 is 1.86 bits per heavy atom. The number of carbonyl (C=O) groups excluding carboxylic acids is 3. The second-order valence-electron chi connectivity index (χ2n) is 7.90. The van der Waals surface area contributed by atoms with Crippen LogP contribution in [0.15, 0.2) is 0 Å². The average Bonchev–Trinajstić information content (AvgIpc) is 3.13. The minimum absolute atomic E-state index is 0.00526. The number of aliphatic carboxylic acids is 1. The third-order valence-corrected chi connectivity index (χ3v) is 5.17. The molecule has 0 saturated carbocycles. The van der Waals surface area contributed by atoms with Crippen LogP contribution in [-0.4, -0.2) is 64.9 Å². The summed E-state index contributed by atoms with van der Waals surface area (Å²) in [4.78, 5) is 49.9. The Kier molecular flexibility index (Phi) is 9.37. The number of nitrogens with one attached hydrogen (secondary N) is 2. The molecular formula is C19H34N4O5. The fourth-order valence-electron chi connectivity index (χ4n) is 3.19. The zero-order valence-electron chi connectivity index (χ0n) is 17.2. The maximum Gasteiger partial charge on any atom is 0.326 e. The summed E-state index contributed by atoms with van der Waals surface area (Å²) in [5.74, 6) is -2.24. The molecule has 4 atom stereocenters. The molecule has 1 saturated heterocycles. The molecule has 1 rings (SSSR count). The van der Waals surface area contributed by atoms with Crippen molar-refractivity contribution in [3.8, 4) is 0 Å². The number of hydrogen-bond acceptors (Lipinski definition) is 5. The topological polar surface area (TPSA) is 142 Å². The van der Waals surface area contributed by atoms with Crippen LogP contribution < -0.4 is 16.4 Å². The Morgan fingerprint density at radius 3 is 2.39 bits per heavy atom. The zero-order chi connectivity index (χ0) is 21.4. The van der Waals surface area contributed by atoms with Gasteiger partial charge in [0.25, 0.3) is 0 Å². The quantitative estimate of drug-likeness (QED) is 0.411. The van der Waals surface area contributed by atoms with E-state index in [0.29, 0.717) is 25.8 Å². The highest BCUT2D eigenvalue weighted by Gasteiger charge is 2.36. The Bertz CT molecular complexity index is 581. The van der Waals surface area contributed by atoms with E-state index in [1.165, 1.54) is 4.90 Å². The Hall–Kier alpha value is -2.16. The van der Waals surface area contributed by atoms with Gasteiger partial charge < -0.3 is 26.4 Å². The predicted octanol–water partition coefficient (Wildman–Crippen LogP) is 0.0825. The fraction of sp³-hybridized carbons (Fsp3) is 0.789. The van der Waals surface area contributed by atoms with Gasteiger partial charge in [0.1, 0.15) is 12.1 Å². The van der Waals surface area contributed by atoms with Gasteiger partial charge in [-0.05, 0) is 31.1 Å². The highest BCUT2D eigenvalue weighted by atomic mass is 16.4. The first-order chi connectivity index (χ1) is 13.1. The molecule has 0 aromatic carbocycles. The van der Waals surface area contributed by atoms with Crippen LogP contribution in [0, 0.1) is 11.8 Å². The lowest BCUT2D eigenvalue weighted by molar-refractivity contribution is -0.144. The van der Waals surface area contributed by atoms with Gasteiger partial charge >= 0.3 is 5.97 Å². The van der Waals surface area contributed by atoms with Crippen molar-refractivity contribution < 1.29 is 24.3 Å². The second-order valence-corrected chi connectivity index (χ2v) is 7.90. The number of amides is 3. The van der Waals surface area contributed by atoms with Crippen molar-refractivity contribution in [3.05, 3.63) is 0 Å². The van der Waals surface area contributed by atoms with Gasteiger partial charge in [0.2, 0.25) is 17.7 Å². The Labute approximate surface area is 166 Å². The molecule has 0 spiro atoms. The van der Waals surface area contributed by atoms with Crippen molar-refractivity contribution in [1.29, 1.82) is 0 Å². The third-order valence-electron chi connectivity index (χ3n) is 5.17. The zero-order valence-corrected chi connectivity index (χ0v) is 17.2. The molecule has 0 aromatic heterocycles. The molecule has 4 unspecified atom stereocenters. The highest BCUT2D eigenvalue weighted by molar-refractivity contribution is 5.93. The van der Waals surface area contributed by atoms with Crippen molar-refractivity contribution in [1.82, 2.24) is 15.5 Å². The van der Waals surface area contributed by atoms with Crippen LogP contribution in [0.5, 0.6) is 0 Å². The van der Waals surface area contributed by atoms with E-state index >= 15 is 0 Å². The highest BCUT2D eigenvalue weighted by Crippen LogP contribution is 2.18. The maximum absolute atomic E-state index is 12.6. The van der Waals surface area contributed by atoms with Gasteiger partial charge in [0.15, 0.2) is 0 Å². The minimum Gasteiger partial charge on any atom is -0.480 e. The van der Waals surface area contributed by atoms with Crippen molar-refractivity contribution in [2.75, 3.05) is 13.1 Å². The summed E-state index contributed by atoms with van der Waals surface area (Å²) < 4.78 is 0. The summed E-state index contributed by atoms with van der Waals surface area (Å²) in [5.41, 5.74) is 5.85. The first-order valence-corrected chi connectivity index (χ1v) is 9.94. The first kappa shape index (κ1) is 23.9. The number of carboxylic acids is 1. The van der Waals surface area contributed by atoms with Gasteiger partial charge in [0.05, 0.1) is 12.6 Å². The van der Waals surface area contributed by atoms with Crippen LogP contribution >= 0.6 is 0 Å². The fourth-order valence-corrected chi connectivity index (χ4v) is 3.19. The molecule has 28 heavy (non-hydrogen) atoms. The molecule has 3 amide bonds. The number of carboxylic acid groups (broad SMARTS) is 1. The summed E-state index contributed by atoms with van der Waals surface area (Å²) in [5, 5.41) is 14.4. The maximum atomic E-state index is 12.6. The van der Waals surface area contributed by atoms with E-state index in [4.69, 9.17) is 5.73 Å². The normalized spacial score (nSPS) is 19.8. The van der Waals surface area contributed by atoms with E-state index < -0.39 is 35.9 Å². The number of hydrogen-bond donors (Lipinski definition) is 4. The molecule has 1 aliphatic heterocycles. The third kappa shape index (κ3) is 6.78. The van der Waals surface area contributed by atoms with E-state index in [0.717, 1.165) is 6.42 Å². The van der Waals surface area contributed by atoms with E-state index in [2.05, 4.69) is 10.6 Å². The predicted molar refractivity (Wildman–Crippen MR) is 104 cm³/mol. The number of carbonyl (C=O) groups is 4. The molecule has 1 aliphatic rings. The van der Waals surface area contributed by atoms with E-state index in [-0.39, 0.29) is 24.3 Å². The molecule has 1 heterocycles. The average molecular weight is 399 g/mol. The van der Waals surface area contributed by atoms with Crippen molar-refractivity contribution >= 4 is 23.7 Å². The molecule has 0 aliphatic carbocycles. The van der Waals surface area contributed by atoms with Gasteiger partial charge in [-0.15, -0.1) is 0 Å². The van der Waals surface area contributed by atoms with Gasteiger partial charge in [-0.1, -0.05) is 34.1 Å². The standard InChI is InChI=1S/C19H34N4O5/c1-5-12(4)16(20)18(26)21-10-15(24)23-8-6-7-14(23)17(25)22-13(19(27)28)9-11(2)3/h11-14,16H,5-10,20H2,1-4H3,(H,21,26)(H,22,25)(H,27,28). The largest absolute Gasteiger partial charge is 0.480 e. The number of nitrogens with two attached hydrogens (primary N) is 1. The molecule has 0 radical (unpaired) electrons. The van der Waals surface area contributed by atoms with E-state index in [1.807, 2.05) is 27.7 Å².